The Bertz CT molecular complexity index is 140. The van der Waals surface area contributed by atoms with Crippen LogP contribution in [-0.2, 0) is 4.79 Å². The topological polar surface area (TPSA) is 61.7 Å². The molecule has 4 heteroatoms. The van der Waals surface area contributed by atoms with Crippen LogP contribution in [0.5, 0.6) is 0 Å². The molecular weight excluding hydrogens is 156 g/mol. The molecule has 2 N–H and O–H groups in total. The minimum atomic E-state index is -0.693. The summed E-state index contributed by atoms with van der Waals surface area (Å²) in [7, 11) is 0. The minimum absolute atomic E-state index is 0.316. The molecule has 0 aliphatic carbocycles. The van der Waals surface area contributed by atoms with E-state index in [1.54, 1.807) is 6.34 Å². The number of aliphatic imine (C=N–C) groups is 1. The largest absolute Gasteiger partial charge is 0.481 e. The standard InChI is InChI=1S/C5H10O2.C3H6N2/c1-2-3-4-5(6)7;1-2-5-3-4-1/h2-4H2,1H3,(H,6,7);3H,1-2H2,(H,4,5). The van der Waals surface area contributed by atoms with Crippen LogP contribution in [0.1, 0.15) is 26.2 Å². The summed E-state index contributed by atoms with van der Waals surface area (Å²) in [5.74, 6) is -0.693. The van der Waals surface area contributed by atoms with Crippen LogP contribution >= 0.6 is 0 Å². The van der Waals surface area contributed by atoms with Crippen molar-refractivity contribution in [1.82, 2.24) is 5.32 Å². The third-order valence-electron chi connectivity index (χ3n) is 1.31. The first-order valence-corrected chi connectivity index (χ1v) is 4.21. The Kier molecular flexibility index (Phi) is 7.33. The van der Waals surface area contributed by atoms with Crippen LogP contribution in [0.15, 0.2) is 4.99 Å². The van der Waals surface area contributed by atoms with Crippen LogP contribution in [0.2, 0.25) is 0 Å². The van der Waals surface area contributed by atoms with E-state index in [-0.39, 0.29) is 0 Å². The van der Waals surface area contributed by atoms with Crippen LogP contribution in [0, 0.1) is 0 Å². The van der Waals surface area contributed by atoms with E-state index in [9.17, 15) is 4.79 Å². The maximum atomic E-state index is 9.76. The van der Waals surface area contributed by atoms with Crippen LogP contribution in [0.3, 0.4) is 0 Å². The van der Waals surface area contributed by atoms with Crippen molar-refractivity contribution in [1.29, 1.82) is 0 Å². The first-order valence-electron chi connectivity index (χ1n) is 4.21. The Hall–Kier alpha value is -1.06. The molecule has 1 rings (SSSR count). The number of nitrogens with zero attached hydrogens (tertiary/aromatic N) is 1. The molecule has 1 aliphatic rings. The Morgan fingerprint density at radius 1 is 1.75 bits per heavy atom. The number of carbonyl (C=O) groups is 1. The molecule has 0 unspecified atom stereocenters. The van der Waals surface area contributed by atoms with Crippen molar-refractivity contribution in [2.45, 2.75) is 26.2 Å². The van der Waals surface area contributed by atoms with Gasteiger partial charge in [0, 0.05) is 13.0 Å². The molecule has 0 radical (unpaired) electrons. The average Bonchev–Trinajstić information content (AvgIpc) is 2.57. The van der Waals surface area contributed by atoms with Crippen molar-refractivity contribution in [3.63, 3.8) is 0 Å². The highest BCUT2D eigenvalue weighted by molar-refractivity contribution is 5.66. The Morgan fingerprint density at radius 2 is 2.50 bits per heavy atom. The van der Waals surface area contributed by atoms with Crippen molar-refractivity contribution in [2.75, 3.05) is 13.1 Å². The second-order valence-corrected chi connectivity index (χ2v) is 2.49. The molecule has 0 aromatic rings. The van der Waals surface area contributed by atoms with E-state index >= 15 is 0 Å². The summed E-state index contributed by atoms with van der Waals surface area (Å²) in [5.41, 5.74) is 0. The maximum absolute atomic E-state index is 9.76. The number of hydrogen-bond donors (Lipinski definition) is 2. The average molecular weight is 172 g/mol. The molecule has 0 saturated heterocycles. The van der Waals surface area contributed by atoms with Crippen molar-refractivity contribution < 1.29 is 9.90 Å². The Morgan fingerprint density at radius 3 is 2.67 bits per heavy atom. The van der Waals surface area contributed by atoms with Gasteiger partial charge in [-0.2, -0.15) is 0 Å². The van der Waals surface area contributed by atoms with Crippen molar-refractivity contribution in [3.8, 4) is 0 Å². The fraction of sp³-hybridized carbons (Fsp3) is 0.750. The van der Waals surface area contributed by atoms with Gasteiger partial charge >= 0.3 is 5.97 Å². The summed E-state index contributed by atoms with van der Waals surface area (Å²) in [4.78, 5) is 13.6. The third kappa shape index (κ3) is 8.94. The molecule has 0 saturated carbocycles. The number of hydrogen-bond acceptors (Lipinski definition) is 3. The minimum Gasteiger partial charge on any atom is -0.481 e. The first-order chi connectivity index (χ1) is 5.77. The number of unbranched alkanes of at least 4 members (excludes halogenated alkanes) is 1. The third-order valence-corrected chi connectivity index (χ3v) is 1.31. The quantitative estimate of drug-likeness (QED) is 0.664. The fourth-order valence-corrected chi connectivity index (χ4v) is 0.651. The van der Waals surface area contributed by atoms with Gasteiger partial charge in [-0.25, -0.2) is 0 Å². The van der Waals surface area contributed by atoms with E-state index in [4.69, 9.17) is 5.11 Å². The Labute approximate surface area is 72.7 Å². The predicted octanol–water partition coefficient (Wildman–Crippen LogP) is 0.879. The van der Waals surface area contributed by atoms with E-state index < -0.39 is 5.97 Å². The molecule has 4 nitrogen and oxygen atoms in total. The molecule has 1 aliphatic heterocycles. The van der Waals surface area contributed by atoms with E-state index in [2.05, 4.69) is 10.3 Å². The van der Waals surface area contributed by atoms with Gasteiger partial charge < -0.3 is 10.4 Å². The zero-order chi connectivity index (χ0) is 9.23. The van der Waals surface area contributed by atoms with Gasteiger partial charge in [-0.1, -0.05) is 13.3 Å². The SMILES string of the molecule is C1=NCCN1.CCCCC(=O)O. The molecule has 0 atom stereocenters. The lowest BCUT2D eigenvalue weighted by atomic mass is 10.3. The monoisotopic (exact) mass is 172 g/mol. The summed E-state index contributed by atoms with van der Waals surface area (Å²) >= 11 is 0. The predicted molar refractivity (Wildman–Crippen MR) is 48.5 cm³/mol. The lowest BCUT2D eigenvalue weighted by molar-refractivity contribution is -0.137. The summed E-state index contributed by atoms with van der Waals surface area (Å²) in [6.07, 6.45) is 3.82. The van der Waals surface area contributed by atoms with Crippen molar-refractivity contribution in [3.05, 3.63) is 0 Å². The van der Waals surface area contributed by atoms with E-state index in [1.807, 2.05) is 6.92 Å². The summed E-state index contributed by atoms with van der Waals surface area (Å²) < 4.78 is 0. The highest BCUT2D eigenvalue weighted by atomic mass is 16.4. The van der Waals surface area contributed by atoms with Gasteiger partial charge in [0.1, 0.15) is 0 Å². The molecule has 12 heavy (non-hydrogen) atoms. The van der Waals surface area contributed by atoms with E-state index in [1.165, 1.54) is 0 Å². The first kappa shape index (κ1) is 10.9. The maximum Gasteiger partial charge on any atom is 0.303 e. The summed E-state index contributed by atoms with van der Waals surface area (Å²) in [6, 6.07) is 0. The second-order valence-electron chi connectivity index (χ2n) is 2.49. The summed E-state index contributed by atoms with van der Waals surface area (Å²) in [6.45, 7) is 3.96. The lowest BCUT2D eigenvalue weighted by Gasteiger charge is -1.85. The fourth-order valence-electron chi connectivity index (χ4n) is 0.651. The molecule has 0 amide bonds. The van der Waals surface area contributed by atoms with Crippen LogP contribution in [0.25, 0.3) is 0 Å². The lowest BCUT2D eigenvalue weighted by Crippen LogP contribution is -2.04. The zero-order valence-corrected chi connectivity index (χ0v) is 7.42. The molecular formula is C8H16N2O2. The molecule has 1 heterocycles. The van der Waals surface area contributed by atoms with E-state index in [0.29, 0.717) is 6.42 Å². The van der Waals surface area contributed by atoms with Gasteiger partial charge in [-0.3, -0.25) is 9.79 Å². The number of nitrogens with one attached hydrogen (secondary N) is 1. The van der Waals surface area contributed by atoms with E-state index in [0.717, 1.165) is 25.9 Å². The number of carboxylic acid groups (broad SMARTS) is 1. The van der Waals surface area contributed by atoms with Gasteiger partial charge in [-0.15, -0.1) is 0 Å². The van der Waals surface area contributed by atoms with Gasteiger partial charge in [0.25, 0.3) is 0 Å². The van der Waals surface area contributed by atoms with Gasteiger partial charge in [0.2, 0.25) is 0 Å². The number of carboxylic acids is 1. The molecule has 0 bridgehead atoms. The second kappa shape index (κ2) is 8.04. The van der Waals surface area contributed by atoms with Gasteiger partial charge in [-0.05, 0) is 6.42 Å². The highest BCUT2D eigenvalue weighted by Crippen LogP contribution is 1.91. The Balaban J connectivity index is 0.000000211. The normalized spacial score (nSPS) is 13.1. The molecule has 0 aromatic carbocycles. The molecule has 0 fully saturated rings. The van der Waals surface area contributed by atoms with Gasteiger partial charge in [0.15, 0.2) is 0 Å². The molecule has 0 aromatic heterocycles. The number of rotatable bonds is 3. The van der Waals surface area contributed by atoms with Crippen LogP contribution in [0.4, 0.5) is 0 Å². The molecule has 70 valence electrons. The van der Waals surface area contributed by atoms with Crippen molar-refractivity contribution >= 4 is 12.3 Å². The van der Waals surface area contributed by atoms with Crippen LogP contribution < -0.4 is 5.32 Å². The smallest absolute Gasteiger partial charge is 0.303 e. The van der Waals surface area contributed by atoms with Crippen molar-refractivity contribution in [2.24, 2.45) is 4.99 Å². The van der Waals surface area contributed by atoms with Gasteiger partial charge in [0.05, 0.1) is 12.9 Å². The number of aliphatic carboxylic acids is 1. The zero-order valence-electron chi connectivity index (χ0n) is 7.42. The highest BCUT2D eigenvalue weighted by Gasteiger charge is 1.90. The summed E-state index contributed by atoms with van der Waals surface area (Å²) in [5, 5.41) is 11.0. The molecule has 0 spiro atoms. The van der Waals surface area contributed by atoms with Crippen LogP contribution in [-0.4, -0.2) is 30.5 Å².